The molecular formula is C16H13NO2S. The molecule has 2 aromatic rings. The average Bonchev–Trinajstić information content (AvgIpc) is 3.00. The van der Waals surface area contributed by atoms with Crippen molar-refractivity contribution in [3.8, 4) is 0 Å². The van der Waals surface area contributed by atoms with Crippen molar-refractivity contribution >= 4 is 33.2 Å². The first-order chi connectivity index (χ1) is 9.70. The van der Waals surface area contributed by atoms with Gasteiger partial charge in [0.25, 0.3) is 11.8 Å². The SMILES string of the molecule is O=C1C=CC(=O)N1CC1(c2csc3ccccc23)CC1. The number of thiophene rings is 1. The topological polar surface area (TPSA) is 37.4 Å². The van der Waals surface area contributed by atoms with Crippen LogP contribution in [0.25, 0.3) is 10.1 Å². The summed E-state index contributed by atoms with van der Waals surface area (Å²) in [5, 5.41) is 3.46. The number of benzene rings is 1. The fourth-order valence-electron chi connectivity index (χ4n) is 2.94. The largest absolute Gasteiger partial charge is 0.275 e. The van der Waals surface area contributed by atoms with Gasteiger partial charge in [-0.1, -0.05) is 18.2 Å². The second kappa shape index (κ2) is 4.03. The van der Waals surface area contributed by atoms with Crippen LogP contribution in [0.3, 0.4) is 0 Å². The highest BCUT2D eigenvalue weighted by Crippen LogP contribution is 2.52. The Bertz CT molecular complexity index is 737. The molecule has 2 heterocycles. The maximum atomic E-state index is 11.7. The Hall–Kier alpha value is -1.94. The van der Waals surface area contributed by atoms with E-state index in [1.165, 1.54) is 32.7 Å². The Morgan fingerprint density at radius 2 is 1.80 bits per heavy atom. The summed E-state index contributed by atoms with van der Waals surface area (Å²) in [4.78, 5) is 24.9. The summed E-state index contributed by atoms with van der Waals surface area (Å²) in [5.74, 6) is -0.360. The van der Waals surface area contributed by atoms with Crippen LogP contribution in [0.2, 0.25) is 0 Å². The third kappa shape index (κ3) is 1.64. The zero-order valence-corrected chi connectivity index (χ0v) is 11.7. The van der Waals surface area contributed by atoms with Gasteiger partial charge in [0.2, 0.25) is 0 Å². The lowest BCUT2D eigenvalue weighted by molar-refractivity contribution is -0.137. The molecule has 0 radical (unpaired) electrons. The molecular weight excluding hydrogens is 270 g/mol. The quantitative estimate of drug-likeness (QED) is 0.812. The number of hydrogen-bond acceptors (Lipinski definition) is 3. The van der Waals surface area contributed by atoms with Crippen LogP contribution in [0.4, 0.5) is 0 Å². The predicted octanol–water partition coefficient (Wildman–Crippen LogP) is 2.86. The Morgan fingerprint density at radius 3 is 2.50 bits per heavy atom. The van der Waals surface area contributed by atoms with Gasteiger partial charge in [0.05, 0.1) is 0 Å². The molecule has 4 heteroatoms. The van der Waals surface area contributed by atoms with Crippen LogP contribution in [0.5, 0.6) is 0 Å². The lowest BCUT2D eigenvalue weighted by atomic mass is 9.95. The van der Waals surface area contributed by atoms with E-state index in [0.29, 0.717) is 6.54 Å². The highest BCUT2D eigenvalue weighted by atomic mass is 32.1. The minimum atomic E-state index is -0.180. The van der Waals surface area contributed by atoms with Gasteiger partial charge in [-0.05, 0) is 35.2 Å². The summed E-state index contributed by atoms with van der Waals surface area (Å²) < 4.78 is 1.27. The molecule has 0 bridgehead atoms. The van der Waals surface area contributed by atoms with E-state index >= 15 is 0 Å². The molecule has 0 saturated heterocycles. The van der Waals surface area contributed by atoms with E-state index in [2.05, 4.69) is 17.5 Å². The van der Waals surface area contributed by atoms with Crippen LogP contribution in [0, 0.1) is 0 Å². The molecule has 0 atom stereocenters. The molecule has 1 aromatic carbocycles. The molecule has 0 unspecified atom stereocenters. The third-order valence-corrected chi connectivity index (χ3v) is 5.23. The fourth-order valence-corrected chi connectivity index (χ4v) is 4.03. The highest BCUT2D eigenvalue weighted by Gasteiger charge is 2.48. The van der Waals surface area contributed by atoms with Crippen molar-refractivity contribution in [3.05, 3.63) is 47.4 Å². The molecule has 1 fully saturated rings. The van der Waals surface area contributed by atoms with Crippen molar-refractivity contribution < 1.29 is 9.59 Å². The number of hydrogen-bond donors (Lipinski definition) is 0. The second-order valence-corrected chi connectivity index (χ2v) is 6.43. The minimum absolute atomic E-state index is 0.0169. The standard InChI is InChI=1S/C16H13NO2S/c18-14-5-6-15(19)17(14)10-16(7-8-16)12-9-20-13-4-2-1-3-11(12)13/h1-6,9H,7-8,10H2. The molecule has 3 nitrogen and oxygen atoms in total. The zero-order chi connectivity index (χ0) is 13.7. The Balaban J connectivity index is 1.71. The first-order valence-electron chi connectivity index (χ1n) is 6.70. The molecule has 1 aliphatic carbocycles. The van der Waals surface area contributed by atoms with Gasteiger partial charge in [-0.25, -0.2) is 0 Å². The van der Waals surface area contributed by atoms with E-state index in [1.807, 2.05) is 12.1 Å². The van der Waals surface area contributed by atoms with Gasteiger partial charge in [-0.3, -0.25) is 14.5 Å². The zero-order valence-electron chi connectivity index (χ0n) is 10.8. The number of nitrogens with zero attached hydrogens (tertiary/aromatic N) is 1. The molecule has 2 aliphatic rings. The Morgan fingerprint density at radius 1 is 1.10 bits per heavy atom. The summed E-state index contributed by atoms with van der Waals surface area (Å²) in [6, 6.07) is 8.34. The van der Waals surface area contributed by atoms with Crippen LogP contribution in [0.15, 0.2) is 41.8 Å². The van der Waals surface area contributed by atoms with Gasteiger partial charge < -0.3 is 0 Å². The summed E-state index contributed by atoms with van der Waals surface area (Å²) in [5.41, 5.74) is 1.28. The smallest absolute Gasteiger partial charge is 0.253 e. The highest BCUT2D eigenvalue weighted by molar-refractivity contribution is 7.17. The van der Waals surface area contributed by atoms with Crippen LogP contribution >= 0.6 is 11.3 Å². The first-order valence-corrected chi connectivity index (χ1v) is 7.58. The van der Waals surface area contributed by atoms with E-state index in [-0.39, 0.29) is 17.2 Å². The first kappa shape index (κ1) is 11.9. The summed E-state index contributed by atoms with van der Waals surface area (Å²) in [6.45, 7) is 0.512. The van der Waals surface area contributed by atoms with Gasteiger partial charge in [0.15, 0.2) is 0 Å². The van der Waals surface area contributed by atoms with Crippen molar-refractivity contribution in [2.75, 3.05) is 6.54 Å². The van der Waals surface area contributed by atoms with E-state index < -0.39 is 0 Å². The number of imide groups is 1. The molecule has 1 aromatic heterocycles. The van der Waals surface area contributed by atoms with E-state index in [9.17, 15) is 9.59 Å². The molecule has 20 heavy (non-hydrogen) atoms. The van der Waals surface area contributed by atoms with Gasteiger partial charge in [0.1, 0.15) is 0 Å². The van der Waals surface area contributed by atoms with Gasteiger partial charge in [0, 0.05) is 28.8 Å². The minimum Gasteiger partial charge on any atom is -0.275 e. The summed E-state index contributed by atoms with van der Waals surface area (Å²) in [7, 11) is 0. The molecule has 1 saturated carbocycles. The fraction of sp³-hybridized carbons (Fsp3) is 0.250. The number of carbonyl (C=O) groups excluding carboxylic acids is 2. The molecule has 100 valence electrons. The molecule has 4 rings (SSSR count). The number of rotatable bonds is 3. The average molecular weight is 283 g/mol. The third-order valence-electron chi connectivity index (χ3n) is 4.27. The van der Waals surface area contributed by atoms with Crippen LogP contribution in [0.1, 0.15) is 18.4 Å². The Kier molecular flexibility index (Phi) is 2.39. The van der Waals surface area contributed by atoms with Crippen LogP contribution < -0.4 is 0 Å². The van der Waals surface area contributed by atoms with E-state index in [0.717, 1.165) is 12.8 Å². The van der Waals surface area contributed by atoms with Crippen molar-refractivity contribution in [2.24, 2.45) is 0 Å². The maximum absolute atomic E-state index is 11.7. The van der Waals surface area contributed by atoms with Gasteiger partial charge in [-0.15, -0.1) is 11.3 Å². The van der Waals surface area contributed by atoms with E-state index in [1.54, 1.807) is 11.3 Å². The normalized spacial score (nSPS) is 20.1. The number of carbonyl (C=O) groups is 2. The second-order valence-electron chi connectivity index (χ2n) is 5.52. The van der Waals surface area contributed by atoms with Gasteiger partial charge in [-0.2, -0.15) is 0 Å². The van der Waals surface area contributed by atoms with Crippen molar-refractivity contribution in [1.82, 2.24) is 4.90 Å². The summed E-state index contributed by atoms with van der Waals surface area (Å²) in [6.07, 6.45) is 4.82. The van der Waals surface area contributed by atoms with Gasteiger partial charge >= 0.3 is 0 Å². The molecule has 2 amide bonds. The lowest BCUT2D eigenvalue weighted by Crippen LogP contribution is -2.37. The number of amides is 2. The van der Waals surface area contributed by atoms with Crippen molar-refractivity contribution in [3.63, 3.8) is 0 Å². The maximum Gasteiger partial charge on any atom is 0.253 e. The molecule has 1 aliphatic heterocycles. The molecule has 0 spiro atoms. The lowest BCUT2D eigenvalue weighted by Gasteiger charge is -2.21. The van der Waals surface area contributed by atoms with Crippen LogP contribution in [-0.4, -0.2) is 23.3 Å². The van der Waals surface area contributed by atoms with Crippen molar-refractivity contribution in [1.29, 1.82) is 0 Å². The Labute approximate surface area is 120 Å². The predicted molar refractivity (Wildman–Crippen MR) is 78.6 cm³/mol. The summed E-state index contributed by atoms with van der Waals surface area (Å²) >= 11 is 1.74. The van der Waals surface area contributed by atoms with Crippen LogP contribution in [-0.2, 0) is 15.0 Å². The molecule has 0 N–H and O–H groups in total. The van der Waals surface area contributed by atoms with Crippen molar-refractivity contribution in [2.45, 2.75) is 18.3 Å². The monoisotopic (exact) mass is 283 g/mol. The number of fused-ring (bicyclic) bond motifs is 1. The van der Waals surface area contributed by atoms with E-state index in [4.69, 9.17) is 0 Å².